The van der Waals surface area contributed by atoms with Crippen molar-refractivity contribution in [3.63, 3.8) is 0 Å². The average molecular weight is 238 g/mol. The van der Waals surface area contributed by atoms with Crippen LogP contribution in [0.15, 0.2) is 0 Å². The molecule has 0 N–H and O–H groups in total. The van der Waals surface area contributed by atoms with E-state index in [0.717, 1.165) is 12.3 Å². The third-order valence-electron chi connectivity index (χ3n) is 4.29. The molecule has 0 amide bonds. The predicted octanol–water partition coefficient (Wildman–Crippen LogP) is 1.63. The quantitative estimate of drug-likeness (QED) is 0.744. The Bertz CT molecular complexity index is 259. The molecule has 0 aliphatic carbocycles. The second kappa shape index (κ2) is 5.96. The molecule has 1 unspecified atom stereocenters. The van der Waals surface area contributed by atoms with Gasteiger partial charge < -0.3 is 14.6 Å². The molecule has 1 atom stereocenters. The number of rotatable bonds is 4. The van der Waals surface area contributed by atoms with Crippen LogP contribution in [0, 0.1) is 11.8 Å². The van der Waals surface area contributed by atoms with Gasteiger partial charge in [0.1, 0.15) is 5.78 Å². The number of carbonyl (C=O) groups excluding carboxylic acids is 1. The minimum absolute atomic E-state index is 0.362. The van der Waals surface area contributed by atoms with Gasteiger partial charge in [-0.25, -0.2) is 0 Å². The van der Waals surface area contributed by atoms with Gasteiger partial charge in [0.2, 0.25) is 0 Å². The van der Waals surface area contributed by atoms with Gasteiger partial charge in [0, 0.05) is 19.5 Å². The maximum absolute atomic E-state index is 11.1. The highest BCUT2D eigenvalue weighted by Crippen LogP contribution is 2.23. The number of likely N-dealkylation sites (tertiary alicyclic amines) is 2. The normalized spacial score (nSPS) is 28.7. The van der Waals surface area contributed by atoms with Gasteiger partial charge in [-0.05, 0) is 64.7 Å². The van der Waals surface area contributed by atoms with E-state index in [-0.39, 0.29) is 0 Å². The van der Waals surface area contributed by atoms with Crippen LogP contribution in [-0.2, 0) is 4.79 Å². The number of piperidine rings is 1. The fourth-order valence-electron chi connectivity index (χ4n) is 3.32. The molecular weight excluding hydrogens is 212 g/mol. The van der Waals surface area contributed by atoms with Gasteiger partial charge in [0.15, 0.2) is 0 Å². The lowest BCUT2D eigenvalue weighted by molar-refractivity contribution is -0.118. The third kappa shape index (κ3) is 4.07. The summed E-state index contributed by atoms with van der Waals surface area (Å²) in [7, 11) is 2.22. The molecule has 3 heteroatoms. The maximum Gasteiger partial charge on any atom is 0.130 e. The summed E-state index contributed by atoms with van der Waals surface area (Å²) in [6, 6.07) is 0. The molecular formula is C14H26N2O. The van der Waals surface area contributed by atoms with Crippen LogP contribution >= 0.6 is 0 Å². The summed E-state index contributed by atoms with van der Waals surface area (Å²) < 4.78 is 0. The highest BCUT2D eigenvalue weighted by atomic mass is 16.1. The van der Waals surface area contributed by atoms with E-state index in [4.69, 9.17) is 0 Å². The van der Waals surface area contributed by atoms with Crippen molar-refractivity contribution in [1.29, 1.82) is 0 Å². The molecule has 0 aromatic rings. The van der Waals surface area contributed by atoms with Crippen molar-refractivity contribution in [2.75, 3.05) is 39.8 Å². The summed E-state index contributed by atoms with van der Waals surface area (Å²) in [5.41, 5.74) is 0. The minimum atomic E-state index is 0.362. The van der Waals surface area contributed by atoms with Crippen LogP contribution in [0.4, 0.5) is 0 Å². The number of nitrogens with zero attached hydrogens (tertiary/aromatic N) is 2. The fraction of sp³-hybridized carbons (Fsp3) is 0.929. The molecule has 17 heavy (non-hydrogen) atoms. The SMILES string of the molecule is CC(=O)CC1CCN(CC2CCN(C)C2)CC1. The highest BCUT2D eigenvalue weighted by molar-refractivity contribution is 5.75. The maximum atomic E-state index is 11.1. The van der Waals surface area contributed by atoms with E-state index in [1.807, 2.05) is 0 Å². The molecule has 0 aromatic heterocycles. The lowest BCUT2D eigenvalue weighted by Gasteiger charge is -2.33. The summed E-state index contributed by atoms with van der Waals surface area (Å²) in [5, 5.41) is 0. The summed E-state index contributed by atoms with van der Waals surface area (Å²) in [5.74, 6) is 1.90. The molecule has 2 fully saturated rings. The van der Waals surface area contributed by atoms with Crippen LogP contribution in [-0.4, -0.2) is 55.4 Å². The minimum Gasteiger partial charge on any atom is -0.306 e. The second-order valence-corrected chi connectivity index (χ2v) is 6.07. The first-order valence-corrected chi connectivity index (χ1v) is 7.04. The van der Waals surface area contributed by atoms with Crippen molar-refractivity contribution < 1.29 is 4.79 Å². The first-order chi connectivity index (χ1) is 8.13. The second-order valence-electron chi connectivity index (χ2n) is 6.07. The van der Waals surface area contributed by atoms with Crippen molar-refractivity contribution in [3.05, 3.63) is 0 Å². The zero-order chi connectivity index (χ0) is 12.3. The van der Waals surface area contributed by atoms with Gasteiger partial charge in [0.05, 0.1) is 0 Å². The van der Waals surface area contributed by atoms with Crippen molar-refractivity contribution in [2.24, 2.45) is 11.8 Å². The number of ketones is 1. The lowest BCUT2D eigenvalue weighted by atomic mass is 9.91. The van der Waals surface area contributed by atoms with Crippen LogP contribution in [0.25, 0.3) is 0 Å². The number of hydrogen-bond donors (Lipinski definition) is 0. The van der Waals surface area contributed by atoms with Crippen molar-refractivity contribution in [3.8, 4) is 0 Å². The van der Waals surface area contributed by atoms with Gasteiger partial charge in [-0.3, -0.25) is 0 Å². The zero-order valence-corrected chi connectivity index (χ0v) is 11.3. The summed E-state index contributed by atoms with van der Waals surface area (Å²) in [4.78, 5) is 16.1. The van der Waals surface area contributed by atoms with Crippen LogP contribution in [0.1, 0.15) is 32.6 Å². The van der Waals surface area contributed by atoms with Gasteiger partial charge in [0.25, 0.3) is 0 Å². The molecule has 0 radical (unpaired) electrons. The molecule has 0 spiro atoms. The number of carbonyl (C=O) groups is 1. The van der Waals surface area contributed by atoms with E-state index >= 15 is 0 Å². The summed E-state index contributed by atoms with van der Waals surface area (Å²) in [6.07, 6.45) is 4.62. The topological polar surface area (TPSA) is 23.6 Å². The van der Waals surface area contributed by atoms with E-state index in [9.17, 15) is 4.79 Å². The standard InChI is InChI=1S/C14H26N2O/c1-12(17)9-13-4-7-16(8-5-13)11-14-3-6-15(2)10-14/h13-14H,3-11H2,1-2H3. The Balaban J connectivity index is 1.67. The molecule has 2 aliphatic heterocycles. The molecule has 2 heterocycles. The Morgan fingerprint density at radius 1 is 1.12 bits per heavy atom. The van der Waals surface area contributed by atoms with Gasteiger partial charge in [-0.2, -0.15) is 0 Å². The van der Waals surface area contributed by atoms with Crippen molar-refractivity contribution >= 4 is 5.78 Å². The Morgan fingerprint density at radius 3 is 2.29 bits per heavy atom. The third-order valence-corrected chi connectivity index (χ3v) is 4.29. The molecule has 0 aromatic carbocycles. The van der Waals surface area contributed by atoms with Gasteiger partial charge in [-0.1, -0.05) is 0 Å². The molecule has 0 bridgehead atoms. The highest BCUT2D eigenvalue weighted by Gasteiger charge is 2.25. The van der Waals surface area contributed by atoms with Crippen LogP contribution in [0.5, 0.6) is 0 Å². The molecule has 0 saturated carbocycles. The van der Waals surface area contributed by atoms with Gasteiger partial charge >= 0.3 is 0 Å². The first-order valence-electron chi connectivity index (χ1n) is 7.04. The number of Topliss-reactive ketones (excluding diaryl/α,β-unsaturated/α-hetero) is 1. The van der Waals surface area contributed by atoms with E-state index in [0.29, 0.717) is 11.7 Å². The van der Waals surface area contributed by atoms with Crippen LogP contribution in [0.2, 0.25) is 0 Å². The van der Waals surface area contributed by atoms with E-state index in [2.05, 4.69) is 16.8 Å². The molecule has 2 aliphatic rings. The first kappa shape index (κ1) is 13.0. The predicted molar refractivity (Wildman–Crippen MR) is 70.1 cm³/mol. The van der Waals surface area contributed by atoms with Crippen LogP contribution in [0.3, 0.4) is 0 Å². The molecule has 2 saturated heterocycles. The van der Waals surface area contributed by atoms with Gasteiger partial charge in [-0.15, -0.1) is 0 Å². The van der Waals surface area contributed by atoms with E-state index in [1.54, 1.807) is 6.92 Å². The Morgan fingerprint density at radius 2 is 1.76 bits per heavy atom. The largest absolute Gasteiger partial charge is 0.306 e. The van der Waals surface area contributed by atoms with E-state index in [1.165, 1.54) is 52.0 Å². The average Bonchev–Trinajstić information content (AvgIpc) is 2.66. The van der Waals surface area contributed by atoms with Crippen LogP contribution < -0.4 is 0 Å². The Hall–Kier alpha value is -0.410. The Kier molecular flexibility index (Phi) is 4.57. The summed E-state index contributed by atoms with van der Waals surface area (Å²) in [6.45, 7) is 7.95. The zero-order valence-electron chi connectivity index (χ0n) is 11.3. The molecule has 2 rings (SSSR count). The fourth-order valence-corrected chi connectivity index (χ4v) is 3.32. The Labute approximate surface area is 105 Å². The summed E-state index contributed by atoms with van der Waals surface area (Å²) >= 11 is 0. The monoisotopic (exact) mass is 238 g/mol. The van der Waals surface area contributed by atoms with E-state index < -0.39 is 0 Å². The molecule has 98 valence electrons. The lowest BCUT2D eigenvalue weighted by Crippen LogP contribution is -2.38. The molecule has 3 nitrogen and oxygen atoms in total. The van der Waals surface area contributed by atoms with Crippen molar-refractivity contribution in [1.82, 2.24) is 9.80 Å². The van der Waals surface area contributed by atoms with Crippen molar-refractivity contribution in [2.45, 2.75) is 32.6 Å². The smallest absolute Gasteiger partial charge is 0.130 e. The number of hydrogen-bond acceptors (Lipinski definition) is 3.